The first-order valence-corrected chi connectivity index (χ1v) is 8.04. The van der Waals surface area contributed by atoms with Gasteiger partial charge in [0.25, 0.3) is 0 Å². The number of pyridine rings is 1. The van der Waals surface area contributed by atoms with Crippen molar-refractivity contribution in [2.24, 2.45) is 0 Å². The number of rotatable bonds is 6. The van der Waals surface area contributed by atoms with Crippen LogP contribution in [0.25, 0.3) is 0 Å². The molecule has 3 rings (SSSR count). The summed E-state index contributed by atoms with van der Waals surface area (Å²) in [6.07, 6.45) is 5.56. The molecule has 4 nitrogen and oxygen atoms in total. The fourth-order valence-electron chi connectivity index (χ4n) is 2.96. The fourth-order valence-corrected chi connectivity index (χ4v) is 2.96. The van der Waals surface area contributed by atoms with E-state index in [1.807, 2.05) is 24.5 Å². The molecule has 1 fully saturated rings. The maximum Gasteiger partial charge on any atom is 0.120 e. The molecule has 1 aromatic carbocycles. The molecule has 1 saturated heterocycles. The Morgan fingerprint density at radius 1 is 1.33 bits per heavy atom. The smallest absolute Gasteiger partial charge is 0.120 e. The second-order valence-electron chi connectivity index (χ2n) is 5.72. The van der Waals surface area contributed by atoms with Crippen LogP contribution in [-0.2, 0) is 6.54 Å². The van der Waals surface area contributed by atoms with Gasteiger partial charge in [0.15, 0.2) is 0 Å². The van der Waals surface area contributed by atoms with Gasteiger partial charge in [0.1, 0.15) is 12.4 Å². The Balaban J connectivity index is 0.00000208. The lowest BCUT2D eigenvalue weighted by atomic mass is 10.0. The molecule has 0 amide bonds. The van der Waals surface area contributed by atoms with Crippen molar-refractivity contribution < 1.29 is 4.74 Å². The Bertz CT molecular complexity index is 636. The van der Waals surface area contributed by atoms with E-state index in [0.717, 1.165) is 31.9 Å². The third-order valence-electron chi connectivity index (χ3n) is 4.08. The summed E-state index contributed by atoms with van der Waals surface area (Å²) in [6, 6.07) is 12.8. The Hall–Kier alpha value is -1.88. The minimum absolute atomic E-state index is 0. The van der Waals surface area contributed by atoms with E-state index in [4.69, 9.17) is 4.74 Å². The van der Waals surface area contributed by atoms with Crippen molar-refractivity contribution in [3.05, 3.63) is 72.6 Å². The van der Waals surface area contributed by atoms with Gasteiger partial charge in [-0.1, -0.05) is 30.9 Å². The number of piperazine rings is 1. The van der Waals surface area contributed by atoms with E-state index in [1.165, 1.54) is 11.1 Å². The molecule has 0 saturated carbocycles. The zero-order valence-corrected chi connectivity index (χ0v) is 14.5. The second-order valence-corrected chi connectivity index (χ2v) is 5.72. The van der Waals surface area contributed by atoms with Gasteiger partial charge < -0.3 is 10.1 Å². The molecule has 0 aliphatic carbocycles. The second kappa shape index (κ2) is 9.42. The van der Waals surface area contributed by atoms with Crippen LogP contribution in [0.15, 0.2) is 61.4 Å². The van der Waals surface area contributed by atoms with E-state index < -0.39 is 0 Å². The van der Waals surface area contributed by atoms with Gasteiger partial charge in [0.05, 0.1) is 0 Å². The number of benzene rings is 1. The van der Waals surface area contributed by atoms with Crippen LogP contribution in [0, 0.1) is 0 Å². The summed E-state index contributed by atoms with van der Waals surface area (Å²) >= 11 is 0. The lowest BCUT2D eigenvalue weighted by Crippen LogP contribution is -2.45. The summed E-state index contributed by atoms with van der Waals surface area (Å²) < 4.78 is 5.64. The molecule has 2 aromatic rings. The molecule has 1 aliphatic rings. The first kappa shape index (κ1) is 18.5. The average Bonchev–Trinajstić information content (AvgIpc) is 2.61. The normalized spacial score (nSPS) is 17.8. The molecule has 1 aliphatic heterocycles. The number of halogens is 1. The van der Waals surface area contributed by atoms with Crippen LogP contribution in [0.4, 0.5) is 0 Å². The molecule has 0 spiro atoms. The summed E-state index contributed by atoms with van der Waals surface area (Å²) in [5.74, 6) is 0.899. The zero-order valence-electron chi connectivity index (χ0n) is 13.7. The lowest BCUT2D eigenvalue weighted by molar-refractivity contribution is 0.153. The largest absolute Gasteiger partial charge is 0.490 e. The van der Waals surface area contributed by atoms with Crippen molar-refractivity contribution in [1.82, 2.24) is 15.2 Å². The van der Waals surface area contributed by atoms with Crippen molar-refractivity contribution in [3.8, 4) is 5.75 Å². The third-order valence-corrected chi connectivity index (χ3v) is 4.08. The monoisotopic (exact) mass is 345 g/mol. The Morgan fingerprint density at radius 2 is 2.25 bits per heavy atom. The molecular formula is C19H24ClN3O. The van der Waals surface area contributed by atoms with Gasteiger partial charge in [-0.3, -0.25) is 9.88 Å². The summed E-state index contributed by atoms with van der Waals surface area (Å²) in [5.41, 5.74) is 2.53. The molecule has 5 heteroatoms. The van der Waals surface area contributed by atoms with Crippen LogP contribution < -0.4 is 10.1 Å². The highest BCUT2D eigenvalue weighted by Crippen LogP contribution is 2.24. The topological polar surface area (TPSA) is 37.4 Å². The van der Waals surface area contributed by atoms with Crippen molar-refractivity contribution in [3.63, 3.8) is 0 Å². The first-order chi connectivity index (χ1) is 11.4. The quantitative estimate of drug-likeness (QED) is 0.816. The summed E-state index contributed by atoms with van der Waals surface area (Å²) in [6.45, 7) is 8.13. The number of nitrogens with zero attached hydrogens (tertiary/aromatic N) is 2. The van der Waals surface area contributed by atoms with Crippen LogP contribution in [0.3, 0.4) is 0 Å². The molecule has 128 valence electrons. The highest BCUT2D eigenvalue weighted by atomic mass is 35.5. The minimum Gasteiger partial charge on any atom is -0.490 e. The van der Waals surface area contributed by atoms with E-state index in [1.54, 1.807) is 6.08 Å². The molecule has 1 unspecified atom stereocenters. The molecule has 1 aromatic heterocycles. The van der Waals surface area contributed by atoms with Gasteiger partial charge in [-0.25, -0.2) is 0 Å². The maximum absolute atomic E-state index is 5.64. The summed E-state index contributed by atoms with van der Waals surface area (Å²) in [5, 5.41) is 3.48. The predicted octanol–water partition coefficient (Wildman–Crippen LogP) is 3.21. The van der Waals surface area contributed by atoms with Gasteiger partial charge in [-0.15, -0.1) is 12.4 Å². The fraction of sp³-hybridized carbons (Fsp3) is 0.316. The van der Waals surface area contributed by atoms with Crippen LogP contribution >= 0.6 is 12.4 Å². The van der Waals surface area contributed by atoms with Crippen LogP contribution in [0.2, 0.25) is 0 Å². The van der Waals surface area contributed by atoms with E-state index in [9.17, 15) is 0 Å². The van der Waals surface area contributed by atoms with Gasteiger partial charge in [0.2, 0.25) is 0 Å². The van der Waals surface area contributed by atoms with Gasteiger partial charge >= 0.3 is 0 Å². The van der Waals surface area contributed by atoms with E-state index in [0.29, 0.717) is 12.6 Å². The van der Waals surface area contributed by atoms with Gasteiger partial charge in [-0.05, 0) is 29.3 Å². The van der Waals surface area contributed by atoms with Gasteiger partial charge in [-0.2, -0.15) is 0 Å². The van der Waals surface area contributed by atoms with Gasteiger partial charge in [0, 0.05) is 44.6 Å². The standard InChI is InChI=1S/C19H23N3O.ClH/c1-2-11-23-18-7-3-5-16(12-18)15-22-10-9-21-14-19(22)17-6-4-8-20-13-17;/h2-8,12-13,19,21H,1,9-11,14-15H2;1H. The molecule has 0 radical (unpaired) electrons. The molecular weight excluding hydrogens is 322 g/mol. The number of nitrogens with one attached hydrogen (secondary N) is 1. The number of hydrogen-bond acceptors (Lipinski definition) is 4. The number of aromatic nitrogens is 1. The SMILES string of the molecule is C=CCOc1cccc(CN2CCNCC2c2cccnc2)c1.Cl. The van der Waals surface area contributed by atoms with Crippen LogP contribution in [0.5, 0.6) is 5.75 Å². The van der Waals surface area contributed by atoms with E-state index in [2.05, 4.69) is 46.0 Å². The molecule has 24 heavy (non-hydrogen) atoms. The molecule has 1 N–H and O–H groups in total. The Labute approximate surface area is 150 Å². The first-order valence-electron chi connectivity index (χ1n) is 8.04. The Morgan fingerprint density at radius 3 is 3.04 bits per heavy atom. The van der Waals surface area contributed by atoms with Crippen molar-refractivity contribution >= 4 is 12.4 Å². The summed E-state index contributed by atoms with van der Waals surface area (Å²) in [7, 11) is 0. The number of hydrogen-bond donors (Lipinski definition) is 1. The third kappa shape index (κ3) is 4.81. The highest BCUT2D eigenvalue weighted by Gasteiger charge is 2.23. The van der Waals surface area contributed by atoms with Crippen LogP contribution in [-0.4, -0.2) is 36.1 Å². The Kier molecular flexibility index (Phi) is 7.25. The predicted molar refractivity (Wildman–Crippen MR) is 99.6 cm³/mol. The molecule has 0 bridgehead atoms. The number of ether oxygens (including phenoxy) is 1. The summed E-state index contributed by atoms with van der Waals surface area (Å²) in [4.78, 5) is 6.77. The molecule has 1 atom stereocenters. The van der Waals surface area contributed by atoms with Crippen molar-refractivity contribution in [2.45, 2.75) is 12.6 Å². The zero-order chi connectivity index (χ0) is 15.9. The maximum atomic E-state index is 5.64. The lowest BCUT2D eigenvalue weighted by Gasteiger charge is -2.36. The average molecular weight is 346 g/mol. The van der Waals surface area contributed by atoms with E-state index in [-0.39, 0.29) is 12.4 Å². The van der Waals surface area contributed by atoms with E-state index >= 15 is 0 Å². The van der Waals surface area contributed by atoms with Crippen LogP contribution in [0.1, 0.15) is 17.2 Å². The van der Waals surface area contributed by atoms with Crippen molar-refractivity contribution in [2.75, 3.05) is 26.2 Å². The minimum atomic E-state index is 0. The van der Waals surface area contributed by atoms with Crippen molar-refractivity contribution in [1.29, 1.82) is 0 Å². The molecule has 2 heterocycles. The highest BCUT2D eigenvalue weighted by molar-refractivity contribution is 5.85.